The van der Waals surface area contributed by atoms with E-state index in [1.54, 1.807) is 0 Å². The van der Waals surface area contributed by atoms with Crippen molar-refractivity contribution >= 4 is 21.9 Å². The molecule has 0 amide bonds. The van der Waals surface area contributed by atoms with Gasteiger partial charge in [0.15, 0.2) is 5.82 Å². The SMILES string of the molecule is O=C(O)C1CCCC1c1nc(Cc2ccccc2Br)no1. The van der Waals surface area contributed by atoms with Crippen LogP contribution in [0.1, 0.15) is 42.5 Å². The Kier molecular flexibility index (Phi) is 4.05. The molecule has 3 rings (SSSR count). The van der Waals surface area contributed by atoms with Crippen LogP contribution in [0.2, 0.25) is 0 Å². The Morgan fingerprint density at radius 3 is 2.95 bits per heavy atom. The summed E-state index contributed by atoms with van der Waals surface area (Å²) >= 11 is 3.49. The maximum Gasteiger partial charge on any atom is 0.307 e. The molecule has 1 N–H and O–H groups in total. The fourth-order valence-electron chi connectivity index (χ4n) is 2.85. The Hall–Kier alpha value is -1.69. The average Bonchev–Trinajstić information content (AvgIpc) is 3.09. The molecule has 6 heteroatoms. The lowest BCUT2D eigenvalue weighted by Gasteiger charge is -2.10. The largest absolute Gasteiger partial charge is 0.481 e. The van der Waals surface area contributed by atoms with Gasteiger partial charge in [-0.25, -0.2) is 0 Å². The van der Waals surface area contributed by atoms with Crippen molar-refractivity contribution in [1.29, 1.82) is 0 Å². The molecule has 1 aromatic heterocycles. The summed E-state index contributed by atoms with van der Waals surface area (Å²) in [4.78, 5) is 15.6. The molecule has 1 fully saturated rings. The smallest absolute Gasteiger partial charge is 0.307 e. The van der Waals surface area contributed by atoms with Gasteiger partial charge in [-0.1, -0.05) is 45.7 Å². The standard InChI is InChI=1S/C15H15BrN2O3/c16-12-7-2-1-4-9(12)8-13-17-14(21-18-13)10-5-3-6-11(10)15(19)20/h1-2,4,7,10-11H,3,5-6,8H2,(H,19,20). The molecule has 5 nitrogen and oxygen atoms in total. The molecule has 0 bridgehead atoms. The van der Waals surface area contributed by atoms with Gasteiger partial charge in [-0.15, -0.1) is 0 Å². The highest BCUT2D eigenvalue weighted by Gasteiger charge is 2.37. The molecule has 0 aliphatic heterocycles. The van der Waals surface area contributed by atoms with Crippen LogP contribution in [0.15, 0.2) is 33.3 Å². The second kappa shape index (κ2) is 5.97. The number of carboxylic acid groups (broad SMARTS) is 1. The fourth-order valence-corrected chi connectivity index (χ4v) is 3.28. The summed E-state index contributed by atoms with van der Waals surface area (Å²) in [5.74, 6) is -0.275. The van der Waals surface area contributed by atoms with E-state index < -0.39 is 11.9 Å². The van der Waals surface area contributed by atoms with E-state index >= 15 is 0 Å². The first-order chi connectivity index (χ1) is 10.1. The van der Waals surface area contributed by atoms with Crippen LogP contribution < -0.4 is 0 Å². The molecule has 2 unspecified atom stereocenters. The van der Waals surface area contributed by atoms with Crippen molar-refractivity contribution in [2.75, 3.05) is 0 Å². The Morgan fingerprint density at radius 2 is 2.19 bits per heavy atom. The predicted molar refractivity (Wildman–Crippen MR) is 79.0 cm³/mol. The van der Waals surface area contributed by atoms with Gasteiger partial charge in [0, 0.05) is 10.9 Å². The number of carbonyl (C=O) groups is 1. The highest BCUT2D eigenvalue weighted by atomic mass is 79.9. The zero-order valence-corrected chi connectivity index (χ0v) is 12.9. The number of benzene rings is 1. The third-order valence-corrected chi connectivity index (χ3v) is 4.71. The van der Waals surface area contributed by atoms with Crippen LogP contribution in [0.25, 0.3) is 0 Å². The first-order valence-corrected chi connectivity index (χ1v) is 7.73. The molecule has 1 aliphatic rings. The number of halogens is 1. The molecule has 0 spiro atoms. The van der Waals surface area contributed by atoms with E-state index in [1.807, 2.05) is 24.3 Å². The van der Waals surface area contributed by atoms with E-state index in [4.69, 9.17) is 4.52 Å². The quantitative estimate of drug-likeness (QED) is 0.914. The van der Waals surface area contributed by atoms with Crippen LogP contribution in [0.3, 0.4) is 0 Å². The van der Waals surface area contributed by atoms with E-state index in [2.05, 4.69) is 26.1 Å². The van der Waals surface area contributed by atoms with E-state index in [0.29, 0.717) is 24.6 Å². The Balaban J connectivity index is 1.78. The van der Waals surface area contributed by atoms with Gasteiger partial charge in [0.25, 0.3) is 0 Å². The molecule has 21 heavy (non-hydrogen) atoms. The monoisotopic (exact) mass is 350 g/mol. The van der Waals surface area contributed by atoms with Gasteiger partial charge in [-0.05, 0) is 24.5 Å². The third-order valence-electron chi connectivity index (χ3n) is 3.94. The van der Waals surface area contributed by atoms with Gasteiger partial charge in [0.2, 0.25) is 5.89 Å². The minimum atomic E-state index is -0.775. The molecular formula is C15H15BrN2O3. The number of hydrogen-bond donors (Lipinski definition) is 1. The molecule has 0 saturated heterocycles. The van der Waals surface area contributed by atoms with Crippen molar-refractivity contribution in [3.63, 3.8) is 0 Å². The summed E-state index contributed by atoms with van der Waals surface area (Å²) in [5, 5.41) is 13.2. The summed E-state index contributed by atoms with van der Waals surface area (Å²) < 4.78 is 6.30. The lowest BCUT2D eigenvalue weighted by atomic mass is 9.96. The summed E-state index contributed by atoms with van der Waals surface area (Å²) in [7, 11) is 0. The number of nitrogens with zero attached hydrogens (tertiary/aromatic N) is 2. The number of aromatic nitrogens is 2. The lowest BCUT2D eigenvalue weighted by Crippen LogP contribution is -2.17. The molecular weight excluding hydrogens is 336 g/mol. The van der Waals surface area contributed by atoms with Crippen molar-refractivity contribution < 1.29 is 14.4 Å². The number of carboxylic acids is 1. The van der Waals surface area contributed by atoms with Gasteiger partial charge in [0.05, 0.1) is 11.8 Å². The molecule has 1 heterocycles. The van der Waals surface area contributed by atoms with Crippen molar-refractivity contribution in [1.82, 2.24) is 10.1 Å². The van der Waals surface area contributed by atoms with Crippen molar-refractivity contribution in [3.8, 4) is 0 Å². The van der Waals surface area contributed by atoms with Crippen LogP contribution in [0.4, 0.5) is 0 Å². The van der Waals surface area contributed by atoms with Crippen LogP contribution in [0, 0.1) is 5.92 Å². The topological polar surface area (TPSA) is 76.2 Å². The van der Waals surface area contributed by atoms with Gasteiger partial charge < -0.3 is 9.63 Å². The third kappa shape index (κ3) is 3.00. The van der Waals surface area contributed by atoms with Crippen molar-refractivity contribution in [2.45, 2.75) is 31.6 Å². The first kappa shape index (κ1) is 14.3. The molecule has 1 aromatic carbocycles. The van der Waals surface area contributed by atoms with Crippen molar-refractivity contribution in [2.24, 2.45) is 5.92 Å². The number of hydrogen-bond acceptors (Lipinski definition) is 4. The van der Waals surface area contributed by atoms with Crippen LogP contribution in [0.5, 0.6) is 0 Å². The Labute approximate surface area is 130 Å². The van der Waals surface area contributed by atoms with Gasteiger partial charge in [-0.3, -0.25) is 4.79 Å². The maximum atomic E-state index is 11.2. The number of aliphatic carboxylic acids is 1. The number of rotatable bonds is 4. The van der Waals surface area contributed by atoms with E-state index in [0.717, 1.165) is 22.9 Å². The lowest BCUT2D eigenvalue weighted by molar-refractivity contribution is -0.142. The van der Waals surface area contributed by atoms with E-state index in [-0.39, 0.29) is 5.92 Å². The second-order valence-electron chi connectivity index (χ2n) is 5.30. The first-order valence-electron chi connectivity index (χ1n) is 6.94. The van der Waals surface area contributed by atoms with Crippen molar-refractivity contribution in [3.05, 3.63) is 46.0 Å². The molecule has 2 atom stereocenters. The van der Waals surface area contributed by atoms with Crippen LogP contribution >= 0.6 is 15.9 Å². The van der Waals surface area contributed by atoms with Gasteiger partial charge >= 0.3 is 5.97 Å². The highest BCUT2D eigenvalue weighted by molar-refractivity contribution is 9.10. The zero-order chi connectivity index (χ0) is 14.8. The molecule has 1 saturated carbocycles. The molecule has 1 aliphatic carbocycles. The zero-order valence-electron chi connectivity index (χ0n) is 11.3. The summed E-state index contributed by atoms with van der Waals surface area (Å²) in [5.41, 5.74) is 1.08. The van der Waals surface area contributed by atoms with Crippen LogP contribution in [-0.2, 0) is 11.2 Å². The summed E-state index contributed by atoms with van der Waals surface area (Å²) in [6.07, 6.45) is 2.94. The maximum absolute atomic E-state index is 11.2. The van der Waals surface area contributed by atoms with Crippen LogP contribution in [-0.4, -0.2) is 21.2 Å². The summed E-state index contributed by atoms with van der Waals surface area (Å²) in [6.45, 7) is 0. The Bertz CT molecular complexity index is 656. The normalized spacial score (nSPS) is 21.6. The average molecular weight is 351 g/mol. The highest BCUT2D eigenvalue weighted by Crippen LogP contribution is 2.39. The minimum absolute atomic E-state index is 0.150. The van der Waals surface area contributed by atoms with Gasteiger partial charge in [0.1, 0.15) is 0 Å². The molecule has 110 valence electrons. The molecule has 0 radical (unpaired) electrons. The minimum Gasteiger partial charge on any atom is -0.481 e. The Morgan fingerprint density at radius 1 is 1.38 bits per heavy atom. The fraction of sp³-hybridized carbons (Fsp3) is 0.400. The predicted octanol–water partition coefficient (Wildman–Crippen LogP) is 3.39. The summed E-state index contributed by atoms with van der Waals surface area (Å²) in [6, 6.07) is 7.87. The van der Waals surface area contributed by atoms with E-state index in [9.17, 15) is 9.90 Å². The molecule has 2 aromatic rings. The second-order valence-corrected chi connectivity index (χ2v) is 6.15. The van der Waals surface area contributed by atoms with E-state index in [1.165, 1.54) is 0 Å². The van der Waals surface area contributed by atoms with Gasteiger partial charge in [-0.2, -0.15) is 4.98 Å².